The van der Waals surface area contributed by atoms with Gasteiger partial charge in [0.15, 0.2) is 0 Å². The van der Waals surface area contributed by atoms with Gasteiger partial charge in [0.1, 0.15) is 12.6 Å². The second-order valence-corrected chi connectivity index (χ2v) is 3.99. The van der Waals surface area contributed by atoms with Crippen molar-refractivity contribution in [3.63, 3.8) is 0 Å². The Morgan fingerprint density at radius 1 is 1.22 bits per heavy atom. The number of alkyl halides is 3. The average molecular weight is 258 g/mol. The first kappa shape index (κ1) is 14.4. The fourth-order valence-corrected chi connectivity index (χ4v) is 1.90. The summed E-state index contributed by atoms with van der Waals surface area (Å²) < 4.78 is 37.7. The zero-order valence-electron chi connectivity index (χ0n) is 9.78. The van der Waals surface area contributed by atoms with Gasteiger partial charge in [-0.2, -0.15) is 13.2 Å². The minimum absolute atomic E-state index is 0.358. The first-order chi connectivity index (χ1) is 8.43. The molecule has 1 aromatic rings. The largest absolute Gasteiger partial charge is 0.416 e. The molecule has 2 nitrogen and oxygen atoms in total. The van der Waals surface area contributed by atoms with Gasteiger partial charge in [-0.05, 0) is 24.0 Å². The molecule has 0 saturated heterocycles. The van der Waals surface area contributed by atoms with Crippen LogP contribution in [0, 0.1) is 5.92 Å². The van der Waals surface area contributed by atoms with E-state index in [4.69, 9.17) is 0 Å². The van der Waals surface area contributed by atoms with Crippen molar-refractivity contribution in [2.24, 2.45) is 5.92 Å². The number of hydrogen-bond acceptors (Lipinski definition) is 2. The van der Waals surface area contributed by atoms with Crippen LogP contribution in [0.25, 0.3) is 0 Å². The van der Waals surface area contributed by atoms with E-state index in [0.29, 0.717) is 24.6 Å². The van der Waals surface area contributed by atoms with Crippen LogP contribution in [0.1, 0.15) is 30.4 Å². The molecule has 0 aliphatic carbocycles. The van der Waals surface area contributed by atoms with Crippen LogP contribution in [0.2, 0.25) is 0 Å². The summed E-state index contributed by atoms with van der Waals surface area (Å²) in [5.74, 6) is -1.42. The van der Waals surface area contributed by atoms with E-state index in [2.05, 4.69) is 0 Å². The molecule has 0 saturated carbocycles. The Hall–Kier alpha value is -1.65. The van der Waals surface area contributed by atoms with Gasteiger partial charge in [0.25, 0.3) is 0 Å². The molecule has 18 heavy (non-hydrogen) atoms. The first-order valence-corrected chi connectivity index (χ1v) is 5.51. The van der Waals surface area contributed by atoms with Crippen LogP contribution in [-0.2, 0) is 15.8 Å². The molecule has 0 aliphatic rings. The number of hydrogen-bond donors (Lipinski definition) is 0. The highest BCUT2D eigenvalue weighted by Crippen LogP contribution is 2.33. The van der Waals surface area contributed by atoms with Gasteiger partial charge in [-0.1, -0.05) is 25.1 Å². The van der Waals surface area contributed by atoms with Gasteiger partial charge in [0.2, 0.25) is 0 Å². The molecule has 0 spiro atoms. The predicted octanol–water partition coefficient (Wildman–Crippen LogP) is 3.21. The van der Waals surface area contributed by atoms with Crippen molar-refractivity contribution in [1.29, 1.82) is 0 Å². The molecular weight excluding hydrogens is 245 g/mol. The predicted molar refractivity (Wildman–Crippen MR) is 60.1 cm³/mol. The second kappa shape index (κ2) is 5.80. The van der Waals surface area contributed by atoms with Crippen LogP contribution in [0.15, 0.2) is 24.3 Å². The lowest BCUT2D eigenvalue weighted by Gasteiger charge is -2.18. The van der Waals surface area contributed by atoms with Crippen molar-refractivity contribution in [3.8, 4) is 0 Å². The number of carbonyl (C=O) groups excluding carboxylic acids is 2. The highest BCUT2D eigenvalue weighted by atomic mass is 19.4. The number of rotatable bonds is 5. The molecule has 0 aliphatic heterocycles. The normalized spacial score (nSPS) is 13.4. The molecule has 5 heteroatoms. The third-order valence-corrected chi connectivity index (χ3v) is 2.86. The van der Waals surface area contributed by atoms with Crippen molar-refractivity contribution >= 4 is 12.6 Å². The summed E-state index contributed by atoms with van der Waals surface area (Å²) in [6.07, 6.45) is -3.06. The summed E-state index contributed by atoms with van der Waals surface area (Å²) in [6, 6.07) is 4.75. The quantitative estimate of drug-likeness (QED) is 0.600. The van der Waals surface area contributed by atoms with Gasteiger partial charge in [-0.25, -0.2) is 0 Å². The summed E-state index contributed by atoms with van der Waals surface area (Å²) in [6.45, 7) is 1.73. The third-order valence-electron chi connectivity index (χ3n) is 2.86. The monoisotopic (exact) mass is 258 g/mol. The lowest BCUT2D eigenvalue weighted by Crippen LogP contribution is -2.16. The summed E-state index contributed by atoms with van der Waals surface area (Å²) in [5, 5.41) is 0. The van der Waals surface area contributed by atoms with Crippen LogP contribution in [-0.4, -0.2) is 12.6 Å². The summed E-state index contributed by atoms with van der Waals surface area (Å²) in [7, 11) is 0. The second-order valence-electron chi connectivity index (χ2n) is 3.99. The van der Waals surface area contributed by atoms with E-state index >= 15 is 0 Å². The van der Waals surface area contributed by atoms with Crippen LogP contribution < -0.4 is 0 Å². The molecule has 0 N–H and O–H groups in total. The molecular formula is C13H13F3O2. The molecule has 1 rings (SSSR count). The maximum Gasteiger partial charge on any atom is 0.416 e. The van der Waals surface area contributed by atoms with Gasteiger partial charge in [0, 0.05) is 0 Å². The van der Waals surface area contributed by atoms with Crippen LogP contribution >= 0.6 is 0 Å². The Bertz CT molecular complexity index is 418. The molecule has 0 heterocycles. The Morgan fingerprint density at radius 2 is 1.83 bits per heavy atom. The van der Waals surface area contributed by atoms with E-state index < -0.39 is 23.6 Å². The van der Waals surface area contributed by atoms with E-state index in [9.17, 15) is 22.8 Å². The molecule has 0 aromatic heterocycles. The summed E-state index contributed by atoms with van der Waals surface area (Å²) >= 11 is 0. The topological polar surface area (TPSA) is 34.1 Å². The van der Waals surface area contributed by atoms with Crippen molar-refractivity contribution in [2.75, 3.05) is 0 Å². The minimum atomic E-state index is -4.42. The maximum absolute atomic E-state index is 12.6. The number of carbonyl (C=O) groups is 2. The van der Waals surface area contributed by atoms with Gasteiger partial charge in [-0.15, -0.1) is 0 Å². The number of aldehydes is 2. The van der Waals surface area contributed by atoms with E-state index in [1.807, 2.05) is 0 Å². The molecule has 0 fully saturated rings. The Kier molecular flexibility index (Phi) is 4.64. The zero-order chi connectivity index (χ0) is 13.8. The molecule has 0 bridgehead atoms. The molecule has 0 unspecified atom stereocenters. The Morgan fingerprint density at radius 3 is 2.28 bits per heavy atom. The fraction of sp³-hybridized carbons (Fsp3) is 0.385. The molecule has 0 amide bonds. The zero-order valence-corrected chi connectivity index (χ0v) is 9.78. The van der Waals surface area contributed by atoms with E-state index in [1.54, 1.807) is 6.92 Å². The van der Waals surface area contributed by atoms with Crippen LogP contribution in [0.3, 0.4) is 0 Å². The smallest absolute Gasteiger partial charge is 0.303 e. The highest BCUT2D eigenvalue weighted by molar-refractivity contribution is 5.79. The standard InChI is InChI=1S/C13H13F3O2/c1-2-12(10(7-17)8-18)9-4-3-5-11(6-9)13(14,15)16/h3-8,10,12H,2H2,1H3/t12-/m1/s1. The average Bonchev–Trinajstić information content (AvgIpc) is 2.35. The molecule has 1 atom stereocenters. The van der Waals surface area contributed by atoms with E-state index in [-0.39, 0.29) is 0 Å². The first-order valence-electron chi connectivity index (χ1n) is 5.51. The van der Waals surface area contributed by atoms with Crippen molar-refractivity contribution in [3.05, 3.63) is 35.4 Å². The van der Waals surface area contributed by atoms with E-state index in [0.717, 1.165) is 12.1 Å². The molecule has 98 valence electrons. The van der Waals surface area contributed by atoms with Crippen molar-refractivity contribution in [1.82, 2.24) is 0 Å². The van der Waals surface area contributed by atoms with Crippen LogP contribution in [0.5, 0.6) is 0 Å². The van der Waals surface area contributed by atoms with E-state index in [1.165, 1.54) is 12.1 Å². The highest BCUT2D eigenvalue weighted by Gasteiger charge is 2.31. The van der Waals surface area contributed by atoms with Gasteiger partial charge < -0.3 is 9.59 Å². The molecule has 0 radical (unpaired) electrons. The Balaban J connectivity index is 3.14. The minimum Gasteiger partial charge on any atom is -0.303 e. The number of halogens is 3. The summed E-state index contributed by atoms with van der Waals surface area (Å²) in [5.41, 5.74) is -0.412. The Labute approximate surface area is 103 Å². The lowest BCUT2D eigenvalue weighted by molar-refractivity contribution is -0.137. The number of benzene rings is 1. The third kappa shape index (κ3) is 3.18. The fourth-order valence-electron chi connectivity index (χ4n) is 1.90. The maximum atomic E-state index is 12.6. The SMILES string of the molecule is CC[C@H](c1cccc(C(F)(F)F)c1)C(C=O)C=O. The summed E-state index contributed by atoms with van der Waals surface area (Å²) in [4.78, 5) is 21.5. The van der Waals surface area contributed by atoms with Crippen molar-refractivity contribution in [2.45, 2.75) is 25.4 Å². The van der Waals surface area contributed by atoms with Crippen molar-refractivity contribution < 1.29 is 22.8 Å². The van der Waals surface area contributed by atoms with Gasteiger partial charge in [0.05, 0.1) is 11.5 Å². The lowest BCUT2D eigenvalue weighted by atomic mass is 9.85. The van der Waals surface area contributed by atoms with Gasteiger partial charge in [-0.3, -0.25) is 0 Å². The van der Waals surface area contributed by atoms with Crippen LogP contribution in [0.4, 0.5) is 13.2 Å². The molecule has 1 aromatic carbocycles. The van der Waals surface area contributed by atoms with Gasteiger partial charge >= 0.3 is 6.18 Å².